The fraction of sp³-hybridized carbons (Fsp3) is 0.583. The number of anilines is 1. The summed E-state index contributed by atoms with van der Waals surface area (Å²) in [5, 5.41) is 3.45. The van der Waals surface area contributed by atoms with Crippen molar-refractivity contribution < 1.29 is 4.74 Å². The number of nitrogens with zero attached hydrogens (tertiary/aromatic N) is 1. The van der Waals surface area contributed by atoms with Gasteiger partial charge in [0.2, 0.25) is 0 Å². The SMILES string of the molecule is COc1ccnc(NC2CCC(C)C2)c1. The molecule has 1 heterocycles. The summed E-state index contributed by atoms with van der Waals surface area (Å²) in [5.41, 5.74) is 0. The molecule has 3 nitrogen and oxygen atoms in total. The van der Waals surface area contributed by atoms with Crippen molar-refractivity contribution in [3.8, 4) is 5.75 Å². The van der Waals surface area contributed by atoms with Gasteiger partial charge in [-0.15, -0.1) is 0 Å². The molecule has 1 aromatic heterocycles. The summed E-state index contributed by atoms with van der Waals surface area (Å²) in [6.45, 7) is 2.31. The molecular formula is C12H18N2O. The highest BCUT2D eigenvalue weighted by Gasteiger charge is 2.21. The Kier molecular flexibility index (Phi) is 3.09. The smallest absolute Gasteiger partial charge is 0.129 e. The van der Waals surface area contributed by atoms with Gasteiger partial charge < -0.3 is 10.1 Å². The Morgan fingerprint density at radius 3 is 3.00 bits per heavy atom. The predicted molar refractivity (Wildman–Crippen MR) is 61.2 cm³/mol. The minimum Gasteiger partial charge on any atom is -0.497 e. The van der Waals surface area contributed by atoms with Crippen LogP contribution in [-0.2, 0) is 0 Å². The maximum Gasteiger partial charge on any atom is 0.129 e. The summed E-state index contributed by atoms with van der Waals surface area (Å²) in [5.74, 6) is 2.63. The first kappa shape index (κ1) is 10.3. The first-order valence-corrected chi connectivity index (χ1v) is 5.54. The molecule has 1 fully saturated rings. The molecule has 0 amide bonds. The Morgan fingerprint density at radius 1 is 1.47 bits per heavy atom. The van der Waals surface area contributed by atoms with Crippen molar-refractivity contribution in [1.29, 1.82) is 0 Å². The molecule has 1 aliphatic rings. The van der Waals surface area contributed by atoms with Crippen LogP contribution in [0.4, 0.5) is 5.82 Å². The highest BCUT2D eigenvalue weighted by Crippen LogP contribution is 2.27. The van der Waals surface area contributed by atoms with Crippen LogP contribution in [0.3, 0.4) is 0 Å². The number of nitrogens with one attached hydrogen (secondary N) is 1. The highest BCUT2D eigenvalue weighted by atomic mass is 16.5. The van der Waals surface area contributed by atoms with Gasteiger partial charge in [0.05, 0.1) is 7.11 Å². The topological polar surface area (TPSA) is 34.1 Å². The minimum atomic E-state index is 0.583. The number of ether oxygens (including phenoxy) is 1. The predicted octanol–water partition coefficient (Wildman–Crippen LogP) is 2.69. The molecule has 15 heavy (non-hydrogen) atoms. The normalized spacial score (nSPS) is 25.2. The van der Waals surface area contributed by atoms with Crippen LogP contribution in [-0.4, -0.2) is 18.1 Å². The van der Waals surface area contributed by atoms with Gasteiger partial charge >= 0.3 is 0 Å². The number of hydrogen-bond donors (Lipinski definition) is 1. The van der Waals surface area contributed by atoms with Gasteiger partial charge in [-0.1, -0.05) is 6.92 Å². The molecule has 2 rings (SSSR count). The zero-order chi connectivity index (χ0) is 10.7. The van der Waals surface area contributed by atoms with Crippen molar-refractivity contribution in [1.82, 2.24) is 4.98 Å². The molecule has 3 heteroatoms. The van der Waals surface area contributed by atoms with E-state index in [9.17, 15) is 0 Å². The third-order valence-electron chi connectivity index (χ3n) is 3.01. The van der Waals surface area contributed by atoms with Crippen molar-refractivity contribution in [2.75, 3.05) is 12.4 Å². The molecule has 1 saturated carbocycles. The average Bonchev–Trinajstić information content (AvgIpc) is 2.64. The van der Waals surface area contributed by atoms with Crippen LogP contribution < -0.4 is 10.1 Å². The molecular weight excluding hydrogens is 188 g/mol. The molecule has 2 atom stereocenters. The summed E-state index contributed by atoms with van der Waals surface area (Å²) < 4.78 is 5.16. The first-order valence-electron chi connectivity index (χ1n) is 5.54. The zero-order valence-corrected chi connectivity index (χ0v) is 9.36. The van der Waals surface area contributed by atoms with E-state index in [2.05, 4.69) is 17.2 Å². The maximum absolute atomic E-state index is 5.16. The van der Waals surface area contributed by atoms with E-state index in [1.165, 1.54) is 19.3 Å². The lowest BCUT2D eigenvalue weighted by Gasteiger charge is -2.13. The zero-order valence-electron chi connectivity index (χ0n) is 9.36. The molecule has 1 N–H and O–H groups in total. The fourth-order valence-corrected chi connectivity index (χ4v) is 2.16. The molecule has 0 spiro atoms. The second kappa shape index (κ2) is 4.51. The Morgan fingerprint density at radius 2 is 2.33 bits per heavy atom. The highest BCUT2D eigenvalue weighted by molar-refractivity contribution is 5.41. The lowest BCUT2D eigenvalue weighted by Crippen LogP contribution is -2.16. The second-order valence-electron chi connectivity index (χ2n) is 4.34. The first-order chi connectivity index (χ1) is 7.28. The molecule has 0 saturated heterocycles. The summed E-state index contributed by atoms with van der Waals surface area (Å²) in [4.78, 5) is 4.28. The number of pyridine rings is 1. The maximum atomic E-state index is 5.16. The number of methoxy groups -OCH3 is 1. The van der Waals surface area contributed by atoms with Crippen LogP contribution >= 0.6 is 0 Å². The number of hydrogen-bond acceptors (Lipinski definition) is 3. The molecule has 1 aromatic rings. The van der Waals surface area contributed by atoms with Crippen LogP contribution in [0.15, 0.2) is 18.3 Å². The van der Waals surface area contributed by atoms with E-state index in [0.29, 0.717) is 6.04 Å². The quantitative estimate of drug-likeness (QED) is 0.825. The van der Waals surface area contributed by atoms with Crippen LogP contribution in [0.5, 0.6) is 5.75 Å². The van der Waals surface area contributed by atoms with Crippen molar-refractivity contribution in [2.24, 2.45) is 5.92 Å². The molecule has 0 aromatic carbocycles. The van der Waals surface area contributed by atoms with Crippen molar-refractivity contribution in [3.63, 3.8) is 0 Å². The van der Waals surface area contributed by atoms with Gasteiger partial charge in [-0.3, -0.25) is 0 Å². The second-order valence-corrected chi connectivity index (χ2v) is 4.34. The third-order valence-corrected chi connectivity index (χ3v) is 3.01. The van der Waals surface area contributed by atoms with E-state index in [0.717, 1.165) is 17.5 Å². The van der Waals surface area contributed by atoms with Crippen LogP contribution in [0.2, 0.25) is 0 Å². The number of aromatic nitrogens is 1. The van der Waals surface area contributed by atoms with Gasteiger partial charge in [0.15, 0.2) is 0 Å². The largest absolute Gasteiger partial charge is 0.497 e. The number of rotatable bonds is 3. The lowest BCUT2D eigenvalue weighted by atomic mass is 10.1. The van der Waals surface area contributed by atoms with Gasteiger partial charge in [-0.25, -0.2) is 4.98 Å². The Balaban J connectivity index is 1.98. The van der Waals surface area contributed by atoms with Gasteiger partial charge in [0.1, 0.15) is 11.6 Å². The van der Waals surface area contributed by atoms with E-state index < -0.39 is 0 Å². The van der Waals surface area contributed by atoms with Crippen LogP contribution in [0, 0.1) is 5.92 Å². The molecule has 2 unspecified atom stereocenters. The van der Waals surface area contributed by atoms with E-state index in [4.69, 9.17) is 4.74 Å². The van der Waals surface area contributed by atoms with Gasteiger partial charge in [-0.2, -0.15) is 0 Å². The van der Waals surface area contributed by atoms with Crippen molar-refractivity contribution in [2.45, 2.75) is 32.2 Å². The van der Waals surface area contributed by atoms with Crippen molar-refractivity contribution in [3.05, 3.63) is 18.3 Å². The standard InChI is InChI=1S/C12H18N2O/c1-9-3-4-10(7-9)14-12-8-11(15-2)5-6-13-12/h5-6,8-10H,3-4,7H2,1-2H3,(H,13,14). The summed E-state index contributed by atoms with van der Waals surface area (Å²) in [6, 6.07) is 4.39. The Labute approximate surface area is 90.9 Å². The van der Waals surface area contributed by atoms with Gasteiger partial charge in [0.25, 0.3) is 0 Å². The third kappa shape index (κ3) is 2.61. The molecule has 82 valence electrons. The van der Waals surface area contributed by atoms with E-state index in [1.807, 2.05) is 12.1 Å². The summed E-state index contributed by atoms with van der Waals surface area (Å²) in [6.07, 6.45) is 5.60. The van der Waals surface area contributed by atoms with Gasteiger partial charge in [-0.05, 0) is 31.2 Å². The molecule has 0 bridgehead atoms. The van der Waals surface area contributed by atoms with E-state index in [-0.39, 0.29) is 0 Å². The van der Waals surface area contributed by atoms with Crippen LogP contribution in [0.25, 0.3) is 0 Å². The Bertz CT molecular complexity index is 327. The average molecular weight is 206 g/mol. The summed E-state index contributed by atoms with van der Waals surface area (Å²) in [7, 11) is 1.68. The van der Waals surface area contributed by atoms with Gasteiger partial charge in [0, 0.05) is 18.3 Å². The molecule has 0 radical (unpaired) electrons. The van der Waals surface area contributed by atoms with E-state index >= 15 is 0 Å². The molecule has 1 aliphatic carbocycles. The van der Waals surface area contributed by atoms with Crippen molar-refractivity contribution >= 4 is 5.82 Å². The molecule has 0 aliphatic heterocycles. The fourth-order valence-electron chi connectivity index (χ4n) is 2.16. The van der Waals surface area contributed by atoms with Crippen LogP contribution in [0.1, 0.15) is 26.2 Å². The summed E-state index contributed by atoms with van der Waals surface area (Å²) >= 11 is 0. The monoisotopic (exact) mass is 206 g/mol. The minimum absolute atomic E-state index is 0.583. The van der Waals surface area contributed by atoms with E-state index in [1.54, 1.807) is 13.3 Å². The Hall–Kier alpha value is -1.25. The lowest BCUT2D eigenvalue weighted by molar-refractivity contribution is 0.414.